The van der Waals surface area contributed by atoms with Crippen LogP contribution in [-0.2, 0) is 9.47 Å². The summed E-state index contributed by atoms with van der Waals surface area (Å²) in [6.45, 7) is 1.80. The standard InChI is InChI=1S/C29H30N2O4/c1-21(35-28(32)24-15-11-14-23(20-24)22-12-5-4-6-13-22)30-27-18-9-10-19-29(27,34-3)31-25-16-7-8-17-26(25)33-2/h4-21,27,30-31H,1-3H3. The molecule has 6 heteroatoms. The molecule has 0 saturated carbocycles. The Balaban J connectivity index is 1.47. The predicted molar refractivity (Wildman–Crippen MR) is 138 cm³/mol. The minimum absolute atomic E-state index is 0.333. The molecule has 1 aliphatic carbocycles. The third kappa shape index (κ3) is 5.62. The average Bonchev–Trinajstić information content (AvgIpc) is 2.90. The van der Waals surface area contributed by atoms with Crippen molar-refractivity contribution in [2.24, 2.45) is 0 Å². The van der Waals surface area contributed by atoms with Crippen LogP contribution in [0.4, 0.5) is 5.69 Å². The maximum atomic E-state index is 12.9. The highest BCUT2D eigenvalue weighted by Crippen LogP contribution is 2.31. The van der Waals surface area contributed by atoms with E-state index in [1.807, 2.05) is 97.1 Å². The summed E-state index contributed by atoms with van der Waals surface area (Å²) in [5, 5.41) is 6.80. The molecule has 3 atom stereocenters. The van der Waals surface area contributed by atoms with Gasteiger partial charge in [0, 0.05) is 7.11 Å². The molecule has 0 fully saturated rings. The van der Waals surface area contributed by atoms with Crippen LogP contribution in [0.3, 0.4) is 0 Å². The van der Waals surface area contributed by atoms with Crippen LogP contribution in [0.1, 0.15) is 17.3 Å². The maximum absolute atomic E-state index is 12.9. The molecular weight excluding hydrogens is 440 g/mol. The topological polar surface area (TPSA) is 68.8 Å². The maximum Gasteiger partial charge on any atom is 0.339 e. The van der Waals surface area contributed by atoms with E-state index in [1.165, 1.54) is 0 Å². The van der Waals surface area contributed by atoms with Crippen LogP contribution in [0.15, 0.2) is 103 Å². The van der Waals surface area contributed by atoms with Crippen molar-refractivity contribution in [3.05, 3.63) is 109 Å². The van der Waals surface area contributed by atoms with E-state index in [4.69, 9.17) is 14.2 Å². The summed E-state index contributed by atoms with van der Waals surface area (Å²) in [4.78, 5) is 12.9. The van der Waals surface area contributed by atoms with Crippen molar-refractivity contribution in [3.8, 4) is 16.9 Å². The van der Waals surface area contributed by atoms with Gasteiger partial charge in [-0.2, -0.15) is 0 Å². The Labute approximate surface area is 206 Å². The molecule has 0 amide bonds. The van der Waals surface area contributed by atoms with E-state index in [0.29, 0.717) is 11.3 Å². The molecule has 1 aliphatic rings. The fourth-order valence-electron chi connectivity index (χ4n) is 4.10. The summed E-state index contributed by atoms with van der Waals surface area (Å²) in [5.41, 5.74) is 2.35. The van der Waals surface area contributed by atoms with Crippen LogP contribution in [0.5, 0.6) is 5.75 Å². The van der Waals surface area contributed by atoms with E-state index in [1.54, 1.807) is 27.2 Å². The number of hydrogen-bond acceptors (Lipinski definition) is 6. The molecule has 0 radical (unpaired) electrons. The highest BCUT2D eigenvalue weighted by atomic mass is 16.6. The lowest BCUT2D eigenvalue weighted by molar-refractivity contribution is -0.00220. The number of carbonyl (C=O) groups is 1. The summed E-state index contributed by atoms with van der Waals surface area (Å²) in [7, 11) is 3.26. The van der Waals surface area contributed by atoms with Gasteiger partial charge in [0.05, 0.1) is 24.4 Å². The van der Waals surface area contributed by atoms with E-state index < -0.39 is 17.9 Å². The van der Waals surface area contributed by atoms with Crippen molar-refractivity contribution in [2.45, 2.75) is 24.9 Å². The quantitative estimate of drug-likeness (QED) is 0.322. The third-order valence-electron chi connectivity index (χ3n) is 5.90. The number of esters is 1. The van der Waals surface area contributed by atoms with Gasteiger partial charge in [-0.1, -0.05) is 72.8 Å². The predicted octanol–water partition coefficient (Wildman–Crippen LogP) is 5.40. The molecule has 3 unspecified atom stereocenters. The molecule has 3 aromatic carbocycles. The number of rotatable bonds is 9. The third-order valence-corrected chi connectivity index (χ3v) is 5.90. The minimum Gasteiger partial charge on any atom is -0.495 e. The first-order valence-corrected chi connectivity index (χ1v) is 11.5. The summed E-state index contributed by atoms with van der Waals surface area (Å²) in [6.07, 6.45) is 7.14. The highest BCUT2D eigenvalue weighted by Gasteiger charge is 2.38. The van der Waals surface area contributed by atoms with Crippen LogP contribution in [-0.4, -0.2) is 38.2 Å². The summed E-state index contributed by atoms with van der Waals surface area (Å²) < 4.78 is 17.2. The van der Waals surface area contributed by atoms with Crippen molar-refractivity contribution in [3.63, 3.8) is 0 Å². The number of benzene rings is 3. The highest BCUT2D eigenvalue weighted by molar-refractivity contribution is 5.91. The second-order valence-corrected chi connectivity index (χ2v) is 8.21. The lowest BCUT2D eigenvalue weighted by Crippen LogP contribution is -2.58. The first-order chi connectivity index (χ1) is 17.0. The van der Waals surface area contributed by atoms with Gasteiger partial charge in [0.25, 0.3) is 0 Å². The van der Waals surface area contributed by atoms with E-state index in [0.717, 1.165) is 16.8 Å². The van der Waals surface area contributed by atoms with Crippen molar-refractivity contribution in [1.29, 1.82) is 0 Å². The average molecular weight is 471 g/mol. The molecule has 0 aliphatic heterocycles. The SMILES string of the molecule is COc1ccccc1NC1(OC)C=CC=CC1NC(C)OC(=O)c1cccc(-c2ccccc2)c1. The number of allylic oxidation sites excluding steroid dienone is 2. The van der Waals surface area contributed by atoms with Crippen LogP contribution in [0, 0.1) is 0 Å². The zero-order valence-electron chi connectivity index (χ0n) is 20.1. The lowest BCUT2D eigenvalue weighted by atomic mass is 9.97. The number of anilines is 1. The van der Waals surface area contributed by atoms with Crippen LogP contribution < -0.4 is 15.4 Å². The number of hydrogen-bond donors (Lipinski definition) is 2. The van der Waals surface area contributed by atoms with Gasteiger partial charge >= 0.3 is 5.97 Å². The zero-order valence-corrected chi connectivity index (χ0v) is 20.1. The Morgan fingerprint density at radius 1 is 0.914 bits per heavy atom. The van der Waals surface area contributed by atoms with Crippen LogP contribution in [0.25, 0.3) is 11.1 Å². The Bertz CT molecular complexity index is 1210. The Morgan fingerprint density at radius 2 is 1.66 bits per heavy atom. The van der Waals surface area contributed by atoms with Gasteiger partial charge in [-0.25, -0.2) is 4.79 Å². The molecule has 3 aromatic rings. The Hall–Kier alpha value is -3.87. The minimum atomic E-state index is -0.919. The first kappa shape index (κ1) is 24.3. The molecule has 35 heavy (non-hydrogen) atoms. The Kier molecular flexibility index (Phi) is 7.65. The van der Waals surface area contributed by atoms with Crippen molar-refractivity contribution < 1.29 is 19.0 Å². The molecule has 180 valence electrons. The number of ether oxygens (including phenoxy) is 3. The number of nitrogens with one attached hydrogen (secondary N) is 2. The van der Waals surface area contributed by atoms with Gasteiger partial charge in [0.15, 0.2) is 12.0 Å². The lowest BCUT2D eigenvalue weighted by Gasteiger charge is -2.40. The zero-order chi connectivity index (χ0) is 24.7. The van der Waals surface area contributed by atoms with E-state index in [9.17, 15) is 4.79 Å². The normalized spacial score (nSPS) is 19.7. The molecule has 2 N–H and O–H groups in total. The van der Waals surface area contributed by atoms with Gasteiger partial charge in [0.2, 0.25) is 0 Å². The van der Waals surface area contributed by atoms with Gasteiger partial charge in [-0.05, 0) is 48.4 Å². The number of methoxy groups -OCH3 is 2. The van der Waals surface area contributed by atoms with Crippen molar-refractivity contribution in [2.75, 3.05) is 19.5 Å². The van der Waals surface area contributed by atoms with E-state index in [2.05, 4.69) is 10.6 Å². The van der Waals surface area contributed by atoms with E-state index in [-0.39, 0.29) is 6.04 Å². The van der Waals surface area contributed by atoms with Crippen molar-refractivity contribution in [1.82, 2.24) is 5.32 Å². The monoisotopic (exact) mass is 470 g/mol. The van der Waals surface area contributed by atoms with Crippen LogP contribution in [0.2, 0.25) is 0 Å². The Morgan fingerprint density at radius 3 is 2.43 bits per heavy atom. The number of carbonyl (C=O) groups excluding carboxylic acids is 1. The van der Waals surface area contributed by atoms with Crippen LogP contribution >= 0.6 is 0 Å². The molecule has 6 nitrogen and oxygen atoms in total. The van der Waals surface area contributed by atoms with Gasteiger partial charge < -0.3 is 19.5 Å². The number of para-hydroxylation sites is 2. The molecule has 0 bridgehead atoms. The van der Waals surface area contributed by atoms with E-state index >= 15 is 0 Å². The smallest absolute Gasteiger partial charge is 0.339 e. The molecule has 4 rings (SSSR count). The summed E-state index contributed by atoms with van der Waals surface area (Å²) >= 11 is 0. The van der Waals surface area contributed by atoms with Crippen molar-refractivity contribution >= 4 is 11.7 Å². The second-order valence-electron chi connectivity index (χ2n) is 8.21. The first-order valence-electron chi connectivity index (χ1n) is 11.5. The van der Waals surface area contributed by atoms with Gasteiger partial charge in [-0.15, -0.1) is 0 Å². The molecule has 0 aromatic heterocycles. The summed E-state index contributed by atoms with van der Waals surface area (Å²) in [5.74, 6) is 0.294. The molecule has 0 spiro atoms. The molecular formula is C29H30N2O4. The second kappa shape index (κ2) is 11.0. The van der Waals surface area contributed by atoms with Gasteiger partial charge in [-0.3, -0.25) is 5.32 Å². The summed E-state index contributed by atoms with van der Waals surface area (Å²) in [6, 6.07) is 24.7. The van der Waals surface area contributed by atoms with Gasteiger partial charge in [0.1, 0.15) is 5.75 Å². The molecule has 0 heterocycles. The fraction of sp³-hybridized carbons (Fsp3) is 0.207. The molecule has 0 saturated heterocycles. The largest absolute Gasteiger partial charge is 0.495 e. The fourth-order valence-corrected chi connectivity index (χ4v) is 4.10.